The van der Waals surface area contributed by atoms with Gasteiger partial charge in [-0.25, -0.2) is 14.4 Å². The average molecular weight is 267 g/mol. The van der Waals surface area contributed by atoms with Crippen LogP contribution in [-0.2, 0) is 16.0 Å². The number of carbonyl (C=O) groups is 1. The van der Waals surface area contributed by atoms with Gasteiger partial charge in [-0.2, -0.15) is 0 Å². The first-order valence-electron chi connectivity index (χ1n) is 6.35. The van der Waals surface area contributed by atoms with Gasteiger partial charge in [0.25, 0.3) is 0 Å². The van der Waals surface area contributed by atoms with E-state index in [0.29, 0.717) is 31.1 Å². The number of nitrogens with zero attached hydrogens (tertiary/aromatic N) is 3. The summed E-state index contributed by atoms with van der Waals surface area (Å²) < 4.78 is 18.9. The first-order chi connectivity index (χ1) is 9.02. The van der Waals surface area contributed by atoms with Gasteiger partial charge in [0.05, 0.1) is 18.7 Å². The molecule has 0 spiro atoms. The second kappa shape index (κ2) is 5.50. The van der Waals surface area contributed by atoms with Gasteiger partial charge in [-0.05, 0) is 12.3 Å². The molecule has 104 valence electrons. The van der Waals surface area contributed by atoms with Crippen LogP contribution in [0.15, 0.2) is 6.33 Å². The summed E-state index contributed by atoms with van der Waals surface area (Å²) in [6, 6.07) is 0. The molecule has 5 nitrogen and oxygen atoms in total. The van der Waals surface area contributed by atoms with Gasteiger partial charge in [-0.3, -0.25) is 4.79 Å². The molecule has 6 heteroatoms. The summed E-state index contributed by atoms with van der Waals surface area (Å²) in [4.78, 5) is 21.0. The van der Waals surface area contributed by atoms with Gasteiger partial charge in [0.15, 0.2) is 11.6 Å². The minimum Gasteiger partial charge on any atom is -0.469 e. The third-order valence-corrected chi connectivity index (χ3v) is 3.16. The van der Waals surface area contributed by atoms with Crippen molar-refractivity contribution in [3.63, 3.8) is 0 Å². The molecule has 0 amide bonds. The van der Waals surface area contributed by atoms with Crippen LogP contribution in [0.3, 0.4) is 0 Å². The molecule has 0 bridgehead atoms. The van der Waals surface area contributed by atoms with Gasteiger partial charge in [0, 0.05) is 13.1 Å². The van der Waals surface area contributed by atoms with Gasteiger partial charge < -0.3 is 9.64 Å². The lowest BCUT2D eigenvalue weighted by molar-refractivity contribution is -0.146. The van der Waals surface area contributed by atoms with E-state index in [1.165, 1.54) is 13.4 Å². The summed E-state index contributed by atoms with van der Waals surface area (Å²) in [6.07, 6.45) is 1.96. The predicted molar refractivity (Wildman–Crippen MR) is 68.3 cm³/mol. The van der Waals surface area contributed by atoms with Crippen LogP contribution in [0.4, 0.5) is 10.2 Å². The summed E-state index contributed by atoms with van der Waals surface area (Å²) >= 11 is 0. The van der Waals surface area contributed by atoms with Crippen molar-refractivity contribution in [2.45, 2.75) is 20.3 Å². The summed E-state index contributed by atoms with van der Waals surface area (Å²) in [6.45, 7) is 4.92. The van der Waals surface area contributed by atoms with Crippen molar-refractivity contribution in [1.29, 1.82) is 0 Å². The fourth-order valence-corrected chi connectivity index (χ4v) is 2.11. The molecule has 0 saturated carbocycles. The highest BCUT2D eigenvalue weighted by molar-refractivity contribution is 5.76. The molecular formula is C13H18FN3O2. The molecule has 0 aliphatic carbocycles. The molecule has 1 fully saturated rings. The van der Waals surface area contributed by atoms with E-state index in [9.17, 15) is 9.18 Å². The van der Waals surface area contributed by atoms with Crippen LogP contribution >= 0.6 is 0 Å². The summed E-state index contributed by atoms with van der Waals surface area (Å²) in [5, 5.41) is 0. The Morgan fingerprint density at radius 2 is 2.21 bits per heavy atom. The molecule has 1 aliphatic rings. The third kappa shape index (κ3) is 2.83. The maximum atomic E-state index is 14.2. The second-order valence-electron chi connectivity index (χ2n) is 5.18. The highest BCUT2D eigenvalue weighted by atomic mass is 19.1. The largest absolute Gasteiger partial charge is 0.469 e. The van der Waals surface area contributed by atoms with Crippen molar-refractivity contribution in [2.24, 2.45) is 11.8 Å². The van der Waals surface area contributed by atoms with E-state index >= 15 is 0 Å². The zero-order valence-electron chi connectivity index (χ0n) is 11.4. The molecule has 19 heavy (non-hydrogen) atoms. The fraction of sp³-hybridized carbons (Fsp3) is 0.615. The van der Waals surface area contributed by atoms with Crippen LogP contribution in [0.5, 0.6) is 0 Å². The van der Waals surface area contributed by atoms with E-state index in [2.05, 4.69) is 14.7 Å². The Bertz CT molecular complexity index is 473. The lowest BCUT2D eigenvalue weighted by Gasteiger charge is -2.38. The molecule has 2 heterocycles. The molecule has 0 N–H and O–H groups in total. The fourth-order valence-electron chi connectivity index (χ4n) is 2.11. The summed E-state index contributed by atoms with van der Waals surface area (Å²) in [7, 11) is 1.36. The highest BCUT2D eigenvalue weighted by Crippen LogP contribution is 2.27. The summed E-state index contributed by atoms with van der Waals surface area (Å²) in [5.74, 6) is -0.206. The monoisotopic (exact) mass is 267 g/mol. The van der Waals surface area contributed by atoms with Crippen molar-refractivity contribution in [1.82, 2.24) is 9.97 Å². The Kier molecular flexibility index (Phi) is 3.97. The standard InChI is InChI=1S/C13H18FN3O2/c1-8(2)4-10-11(14)12(16-7-15-10)17-5-9(6-17)13(18)19-3/h7-9H,4-6H2,1-3H3. The van der Waals surface area contributed by atoms with Crippen molar-refractivity contribution in [2.75, 3.05) is 25.1 Å². The predicted octanol–water partition coefficient (Wildman–Crippen LogP) is 1.42. The van der Waals surface area contributed by atoms with E-state index < -0.39 is 0 Å². The number of anilines is 1. The van der Waals surface area contributed by atoms with Crippen molar-refractivity contribution in [3.05, 3.63) is 17.8 Å². The molecule has 0 unspecified atom stereocenters. The Morgan fingerprint density at radius 3 is 2.79 bits per heavy atom. The second-order valence-corrected chi connectivity index (χ2v) is 5.18. The summed E-state index contributed by atoms with van der Waals surface area (Å²) in [5.41, 5.74) is 0.432. The Labute approximate surface area is 111 Å². The lowest BCUT2D eigenvalue weighted by atomic mass is 10.00. The first-order valence-corrected chi connectivity index (χ1v) is 6.35. The molecular weight excluding hydrogens is 249 g/mol. The Morgan fingerprint density at radius 1 is 1.53 bits per heavy atom. The number of aromatic nitrogens is 2. The number of ether oxygens (including phenoxy) is 1. The number of methoxy groups -OCH3 is 1. The number of esters is 1. The van der Waals surface area contributed by atoms with Gasteiger partial charge in [-0.15, -0.1) is 0 Å². The topological polar surface area (TPSA) is 55.3 Å². The van der Waals surface area contributed by atoms with Crippen LogP contribution in [-0.4, -0.2) is 36.1 Å². The normalized spacial score (nSPS) is 15.5. The van der Waals surface area contributed by atoms with Gasteiger partial charge >= 0.3 is 5.97 Å². The van der Waals surface area contributed by atoms with Gasteiger partial charge in [0.1, 0.15) is 6.33 Å². The minimum atomic E-state index is -0.375. The zero-order valence-corrected chi connectivity index (χ0v) is 11.4. The van der Waals surface area contributed by atoms with Crippen molar-refractivity contribution >= 4 is 11.8 Å². The van der Waals surface area contributed by atoms with Crippen LogP contribution in [0, 0.1) is 17.7 Å². The van der Waals surface area contributed by atoms with Gasteiger partial charge in [-0.1, -0.05) is 13.8 Å². The third-order valence-electron chi connectivity index (χ3n) is 3.16. The van der Waals surface area contributed by atoms with E-state index in [1.807, 2.05) is 13.8 Å². The van der Waals surface area contributed by atoms with E-state index in [-0.39, 0.29) is 23.5 Å². The Hall–Kier alpha value is -1.72. The molecule has 1 aromatic rings. The first kappa shape index (κ1) is 13.7. The number of hydrogen-bond donors (Lipinski definition) is 0. The molecule has 1 saturated heterocycles. The molecule has 0 aromatic carbocycles. The zero-order chi connectivity index (χ0) is 14.0. The Balaban J connectivity index is 2.08. The van der Waals surface area contributed by atoms with E-state index in [4.69, 9.17) is 0 Å². The number of hydrogen-bond acceptors (Lipinski definition) is 5. The van der Waals surface area contributed by atoms with E-state index in [1.54, 1.807) is 4.90 Å². The molecule has 2 rings (SSSR count). The quantitative estimate of drug-likeness (QED) is 0.772. The highest BCUT2D eigenvalue weighted by Gasteiger charge is 2.36. The van der Waals surface area contributed by atoms with Gasteiger partial charge in [0.2, 0.25) is 0 Å². The van der Waals surface area contributed by atoms with Crippen LogP contribution in [0.2, 0.25) is 0 Å². The van der Waals surface area contributed by atoms with Crippen LogP contribution < -0.4 is 4.90 Å². The molecule has 1 aliphatic heterocycles. The average Bonchev–Trinajstić information content (AvgIpc) is 2.31. The number of rotatable bonds is 4. The number of carbonyl (C=O) groups excluding carboxylic acids is 1. The molecule has 0 atom stereocenters. The number of halogens is 1. The van der Waals surface area contributed by atoms with Crippen molar-refractivity contribution < 1.29 is 13.9 Å². The van der Waals surface area contributed by atoms with Crippen LogP contribution in [0.25, 0.3) is 0 Å². The van der Waals surface area contributed by atoms with E-state index in [0.717, 1.165) is 0 Å². The smallest absolute Gasteiger partial charge is 0.312 e. The molecule has 1 aromatic heterocycles. The van der Waals surface area contributed by atoms with Crippen LogP contribution in [0.1, 0.15) is 19.5 Å². The minimum absolute atomic E-state index is 0.187. The maximum Gasteiger partial charge on any atom is 0.312 e. The SMILES string of the molecule is COC(=O)C1CN(c2ncnc(CC(C)C)c2F)C1. The molecule has 0 radical (unpaired) electrons. The maximum absolute atomic E-state index is 14.2. The lowest BCUT2D eigenvalue weighted by Crippen LogP contribution is -2.51. The van der Waals surface area contributed by atoms with Crippen molar-refractivity contribution in [3.8, 4) is 0 Å².